The first-order valence-electron chi connectivity index (χ1n) is 34.7. The lowest BCUT2D eigenvalue weighted by Crippen LogP contribution is -2.62. The summed E-state index contributed by atoms with van der Waals surface area (Å²) in [5, 5.41) is 2.63. The molecule has 2 saturated carbocycles. The van der Waals surface area contributed by atoms with E-state index in [2.05, 4.69) is 306 Å². The van der Waals surface area contributed by atoms with Gasteiger partial charge in [-0.3, -0.25) is 0 Å². The summed E-state index contributed by atoms with van der Waals surface area (Å²) in [7, 11) is 0. The molecule has 0 radical (unpaired) electrons. The Morgan fingerprint density at radius 2 is 0.826 bits per heavy atom. The molecule has 4 nitrogen and oxygen atoms in total. The Morgan fingerprint density at radius 3 is 1.41 bits per heavy atom. The lowest BCUT2D eigenvalue weighted by molar-refractivity contribution is 0.195. The first-order chi connectivity index (χ1) is 43.6. The minimum Gasteiger partial charge on any atom is -0.334 e. The quantitative estimate of drug-likeness (QED) is 0.159. The Morgan fingerprint density at radius 1 is 0.370 bits per heavy atom. The van der Waals surface area contributed by atoms with Crippen LogP contribution < -0.4 is 36.0 Å². The highest BCUT2D eigenvalue weighted by Gasteiger charge is 2.60. The Bertz CT molecular complexity index is 4700. The summed E-state index contributed by atoms with van der Waals surface area (Å²) in [6, 6.07) is 70.9. The van der Waals surface area contributed by atoms with Crippen molar-refractivity contribution in [1.29, 1.82) is 0 Å². The van der Waals surface area contributed by atoms with Crippen molar-refractivity contribution >= 4 is 111 Å². The molecule has 10 aromatic rings. The zero-order chi connectivity index (χ0) is 64.2. The Hall–Kier alpha value is -7.54. The first kappa shape index (κ1) is 59.5. The van der Waals surface area contributed by atoms with Gasteiger partial charge in [-0.25, -0.2) is 0 Å². The third kappa shape index (κ3) is 8.45. The van der Waals surface area contributed by atoms with Crippen LogP contribution in [0.4, 0.5) is 56.9 Å². The molecule has 92 heavy (non-hydrogen) atoms. The van der Waals surface area contributed by atoms with E-state index < -0.39 is 0 Å². The zero-order valence-corrected chi connectivity index (χ0v) is 58.5. The largest absolute Gasteiger partial charge is 0.334 e. The van der Waals surface area contributed by atoms with Crippen molar-refractivity contribution in [3.8, 4) is 11.1 Å². The molecule has 16 rings (SSSR count). The number of anilines is 10. The maximum absolute atomic E-state index is 2.88. The fraction of sp³-hybridized carbons (Fsp3) is 0.372. The van der Waals surface area contributed by atoms with Crippen molar-refractivity contribution in [3.63, 3.8) is 0 Å². The predicted octanol–water partition coefficient (Wildman–Crippen LogP) is 22.5. The van der Waals surface area contributed by atoms with E-state index in [0.717, 1.165) is 19.3 Å². The van der Waals surface area contributed by atoms with Gasteiger partial charge < -0.3 is 19.6 Å². The van der Waals surface area contributed by atoms with E-state index >= 15 is 0 Å². The third-order valence-electron chi connectivity index (χ3n) is 24.2. The molecule has 0 amide bonds. The number of fused-ring (bicyclic) bond motifs is 13. The Labute approximate surface area is 553 Å². The van der Waals surface area contributed by atoms with Gasteiger partial charge in [0.1, 0.15) is 0 Å². The topological polar surface area (TPSA) is 13.0 Å². The second-order valence-electron chi connectivity index (χ2n) is 33.6. The molecule has 6 heteroatoms. The van der Waals surface area contributed by atoms with Crippen LogP contribution >= 0.6 is 11.3 Å². The number of rotatable bonds is 5. The van der Waals surface area contributed by atoms with E-state index in [1.807, 2.05) is 11.3 Å². The van der Waals surface area contributed by atoms with E-state index in [0.29, 0.717) is 0 Å². The highest BCUT2D eigenvalue weighted by atomic mass is 32.1. The van der Waals surface area contributed by atoms with Crippen LogP contribution in [-0.2, 0) is 32.5 Å². The van der Waals surface area contributed by atoms with Gasteiger partial charge in [0.25, 0.3) is 6.71 Å². The van der Waals surface area contributed by atoms with Gasteiger partial charge in [-0.2, -0.15) is 0 Å². The first-order valence-corrected chi connectivity index (χ1v) is 35.5. The summed E-state index contributed by atoms with van der Waals surface area (Å²) in [5.74, 6) is 0. The molecule has 4 aliphatic heterocycles. The van der Waals surface area contributed by atoms with Crippen molar-refractivity contribution in [2.24, 2.45) is 0 Å². The molecular weight excluding hydrogens is 1130 g/mol. The van der Waals surface area contributed by atoms with Crippen molar-refractivity contribution < 1.29 is 0 Å². The van der Waals surface area contributed by atoms with Gasteiger partial charge in [0.2, 0.25) is 0 Å². The average molecular weight is 1230 g/mol. The summed E-state index contributed by atoms with van der Waals surface area (Å²) < 4.78 is 2.63. The molecule has 5 heterocycles. The standard InChI is InChI=1S/C86H93BN4S/c1-79(2,3)55-34-40-68(63(47-55)54-27-18-17-19-28-54)88-73-51-59(90-69-41-35-56(80(4,5)6)48-64(69)83(13)43-22-24-45-85(83,90)15)37-39-67(73)87-66-38-33-58(82(10,11)12)50-72(66)89(71-31-26-30-62-61-29-20-21-32-76(61)92-78(62)71)75-53-60(52-74(88)77(75)87)91-70-42-36-57(81(7,8)9)49-65(70)84(14)44-23-25-46-86(84,91)16/h17-21,26-42,47-53H,22-25,43-46H2,1-16H3. The molecule has 9 aromatic carbocycles. The number of hydrogen-bond acceptors (Lipinski definition) is 5. The van der Waals surface area contributed by atoms with E-state index in [-0.39, 0.29) is 50.3 Å². The molecule has 1 aromatic heterocycles. The number of nitrogens with zero attached hydrogens (tertiary/aromatic N) is 4. The van der Waals surface area contributed by atoms with Crippen LogP contribution in [0.3, 0.4) is 0 Å². The number of thiophene rings is 1. The van der Waals surface area contributed by atoms with Crippen molar-refractivity contribution in [1.82, 2.24) is 0 Å². The minimum absolute atomic E-state index is 0.00753. The Kier molecular flexibility index (Phi) is 12.9. The lowest BCUT2D eigenvalue weighted by atomic mass is 9.33. The van der Waals surface area contributed by atoms with Crippen LogP contribution in [0.25, 0.3) is 31.3 Å². The third-order valence-corrected chi connectivity index (χ3v) is 25.4. The average Bonchev–Trinajstić information content (AvgIpc) is 1.31. The van der Waals surface area contributed by atoms with Gasteiger partial charge in [-0.15, -0.1) is 11.3 Å². The summed E-state index contributed by atoms with van der Waals surface area (Å²) >= 11 is 1.94. The van der Waals surface area contributed by atoms with Gasteiger partial charge >= 0.3 is 0 Å². The van der Waals surface area contributed by atoms with E-state index in [1.54, 1.807) is 0 Å². The van der Waals surface area contributed by atoms with Gasteiger partial charge in [-0.05, 0) is 183 Å². The second-order valence-corrected chi connectivity index (χ2v) is 34.7. The van der Waals surface area contributed by atoms with Crippen LogP contribution in [0.5, 0.6) is 0 Å². The lowest BCUT2D eigenvalue weighted by Gasteiger charge is -2.51. The summed E-state index contributed by atoms with van der Waals surface area (Å²) in [4.78, 5) is 11.2. The van der Waals surface area contributed by atoms with Crippen molar-refractivity contribution in [2.75, 3.05) is 19.6 Å². The number of benzene rings is 9. The Balaban J connectivity index is 1.06. The minimum atomic E-state index is -0.209. The van der Waals surface area contributed by atoms with E-state index in [1.165, 1.54) is 170 Å². The maximum atomic E-state index is 2.88. The van der Waals surface area contributed by atoms with Crippen molar-refractivity contribution in [2.45, 2.75) is 206 Å². The van der Waals surface area contributed by atoms with Crippen LogP contribution in [0.2, 0.25) is 0 Å². The fourth-order valence-corrected chi connectivity index (χ4v) is 19.6. The van der Waals surface area contributed by atoms with Crippen LogP contribution in [0.15, 0.2) is 176 Å². The summed E-state index contributed by atoms with van der Waals surface area (Å²) in [5.41, 5.74) is 27.1. The van der Waals surface area contributed by atoms with Gasteiger partial charge in [0.15, 0.2) is 0 Å². The molecule has 6 aliphatic rings. The van der Waals surface area contributed by atoms with Gasteiger partial charge in [-0.1, -0.05) is 232 Å². The fourth-order valence-electron chi connectivity index (χ4n) is 18.4. The molecular formula is C86H93BN4S. The van der Waals surface area contributed by atoms with Crippen LogP contribution in [0.1, 0.15) is 196 Å². The van der Waals surface area contributed by atoms with Crippen molar-refractivity contribution in [3.05, 3.63) is 209 Å². The number of hydrogen-bond donors (Lipinski definition) is 0. The smallest absolute Gasteiger partial charge is 0.252 e. The second kappa shape index (κ2) is 20.0. The van der Waals surface area contributed by atoms with Crippen LogP contribution in [-0.4, -0.2) is 17.8 Å². The predicted molar refractivity (Wildman–Crippen MR) is 399 cm³/mol. The SMILES string of the molecule is CC(C)(C)c1ccc(N2c3cc(N4c5ccc(C(C)(C)C)cc5C5(C)CCCCC45C)ccc3B3c4ccc(C(C)(C)C)cc4N(c4cccc5c4sc4ccccc45)c4cc(N5c6ccc(C(C)(C)C)cc6C6(C)CCCCC56C)cc2c43)c(-c2ccccc2)c1. The molecule has 4 unspecified atom stereocenters. The molecule has 0 N–H and O–H groups in total. The molecule has 0 saturated heterocycles. The molecule has 0 spiro atoms. The van der Waals surface area contributed by atoms with E-state index in [4.69, 9.17) is 0 Å². The van der Waals surface area contributed by atoms with Crippen LogP contribution in [0, 0.1) is 0 Å². The van der Waals surface area contributed by atoms with Gasteiger partial charge in [0, 0.05) is 77.4 Å². The molecule has 2 fully saturated rings. The van der Waals surface area contributed by atoms with E-state index in [9.17, 15) is 0 Å². The summed E-state index contributed by atoms with van der Waals surface area (Å²) in [6.45, 7) is 39.0. The highest BCUT2D eigenvalue weighted by Crippen LogP contribution is 2.65. The van der Waals surface area contributed by atoms with Gasteiger partial charge in [0.05, 0.1) is 27.2 Å². The maximum Gasteiger partial charge on any atom is 0.252 e. The molecule has 466 valence electrons. The molecule has 4 atom stereocenters. The monoisotopic (exact) mass is 1220 g/mol. The molecule has 2 aliphatic carbocycles. The highest BCUT2D eigenvalue weighted by molar-refractivity contribution is 7.26. The molecule has 0 bridgehead atoms. The zero-order valence-electron chi connectivity index (χ0n) is 57.7. The normalized spacial score (nSPS) is 22.5. The summed E-state index contributed by atoms with van der Waals surface area (Å²) in [6.07, 6.45) is 9.46.